The van der Waals surface area contributed by atoms with Gasteiger partial charge in [0.1, 0.15) is 0 Å². The number of hydrogen-bond acceptors (Lipinski definition) is 5. The van der Waals surface area contributed by atoms with Crippen LogP contribution < -0.4 is 5.32 Å². The SMILES string of the molecule is CC(CS(=O)(=O)CC1CCCCC1)C(=O)Nc1cc(C(C)(C)C)no1. The summed E-state index contributed by atoms with van der Waals surface area (Å²) < 4.78 is 29.9. The highest BCUT2D eigenvalue weighted by molar-refractivity contribution is 7.91. The average Bonchev–Trinajstić information content (AvgIpc) is 2.95. The number of nitrogens with zero attached hydrogens (tertiary/aromatic N) is 1. The molecule has 1 aliphatic carbocycles. The molecule has 2 rings (SSSR count). The van der Waals surface area contributed by atoms with Crippen molar-refractivity contribution in [2.45, 2.75) is 65.2 Å². The molecular weight excluding hydrogens is 340 g/mol. The van der Waals surface area contributed by atoms with Crippen LogP contribution in [0.1, 0.15) is 65.5 Å². The summed E-state index contributed by atoms with van der Waals surface area (Å²) in [6, 6.07) is 1.68. The monoisotopic (exact) mass is 370 g/mol. The fourth-order valence-corrected chi connectivity index (χ4v) is 5.27. The van der Waals surface area contributed by atoms with Crippen molar-refractivity contribution in [3.05, 3.63) is 11.8 Å². The minimum Gasteiger partial charge on any atom is -0.338 e. The molecule has 1 aromatic rings. The summed E-state index contributed by atoms with van der Waals surface area (Å²) in [5.74, 6) is -0.416. The van der Waals surface area contributed by atoms with Crippen molar-refractivity contribution in [2.75, 3.05) is 16.8 Å². The normalized spacial score (nSPS) is 18.1. The number of rotatable bonds is 6. The molecule has 0 saturated heterocycles. The maximum atomic E-state index is 12.4. The van der Waals surface area contributed by atoms with Crippen molar-refractivity contribution in [3.63, 3.8) is 0 Å². The zero-order valence-corrected chi connectivity index (χ0v) is 16.5. The van der Waals surface area contributed by atoms with Crippen LogP contribution in [0.5, 0.6) is 0 Å². The zero-order chi connectivity index (χ0) is 18.7. The Bertz CT molecular complexity index is 682. The predicted molar refractivity (Wildman–Crippen MR) is 98.2 cm³/mol. The molecule has 0 spiro atoms. The first-order valence-electron chi connectivity index (χ1n) is 9.05. The van der Waals surface area contributed by atoms with Gasteiger partial charge < -0.3 is 4.52 Å². The van der Waals surface area contributed by atoms with E-state index in [1.165, 1.54) is 6.42 Å². The number of carbonyl (C=O) groups excluding carboxylic acids is 1. The Labute approximate surface area is 150 Å². The van der Waals surface area contributed by atoms with E-state index in [9.17, 15) is 13.2 Å². The standard InChI is InChI=1S/C18H30N2O4S/c1-13(11-25(22,23)12-14-8-6-5-7-9-14)17(21)19-16-10-15(20-24-16)18(2,3)4/h10,13-14H,5-9,11-12H2,1-4H3,(H,19,21). The lowest BCUT2D eigenvalue weighted by Crippen LogP contribution is -2.30. The third-order valence-corrected chi connectivity index (χ3v) is 6.68. The molecule has 1 saturated carbocycles. The van der Waals surface area contributed by atoms with E-state index in [1.807, 2.05) is 20.8 Å². The van der Waals surface area contributed by atoms with Crippen LogP contribution in [0.4, 0.5) is 5.88 Å². The molecule has 6 nitrogen and oxygen atoms in total. The average molecular weight is 371 g/mol. The van der Waals surface area contributed by atoms with Crippen molar-refractivity contribution in [1.82, 2.24) is 5.16 Å². The van der Waals surface area contributed by atoms with Crippen LogP contribution in [0.2, 0.25) is 0 Å². The summed E-state index contributed by atoms with van der Waals surface area (Å²) in [5.41, 5.74) is 0.557. The molecule has 7 heteroatoms. The summed E-state index contributed by atoms with van der Waals surface area (Å²) in [4.78, 5) is 12.3. The molecule has 1 amide bonds. The highest BCUT2D eigenvalue weighted by Crippen LogP contribution is 2.26. The minimum absolute atomic E-state index is 0.129. The molecule has 1 atom stereocenters. The van der Waals surface area contributed by atoms with Crippen LogP contribution in [0, 0.1) is 11.8 Å². The lowest BCUT2D eigenvalue weighted by Gasteiger charge is -2.22. The van der Waals surface area contributed by atoms with Gasteiger partial charge in [0.2, 0.25) is 11.8 Å². The fraction of sp³-hybridized carbons (Fsp3) is 0.778. The third kappa shape index (κ3) is 6.13. The molecule has 0 radical (unpaired) electrons. The quantitative estimate of drug-likeness (QED) is 0.827. The summed E-state index contributed by atoms with van der Waals surface area (Å²) in [6.07, 6.45) is 5.37. The van der Waals surface area contributed by atoms with Crippen LogP contribution >= 0.6 is 0 Å². The van der Waals surface area contributed by atoms with Crippen molar-refractivity contribution in [2.24, 2.45) is 11.8 Å². The van der Waals surface area contributed by atoms with E-state index in [0.717, 1.165) is 31.4 Å². The summed E-state index contributed by atoms with van der Waals surface area (Å²) in [7, 11) is -3.24. The molecule has 0 aliphatic heterocycles. The van der Waals surface area contributed by atoms with Gasteiger partial charge in [0.25, 0.3) is 0 Å². The second kappa shape index (κ2) is 7.89. The molecule has 142 valence electrons. The Kier molecular flexibility index (Phi) is 6.30. The molecule has 1 aliphatic rings. The summed E-state index contributed by atoms with van der Waals surface area (Å²) >= 11 is 0. The van der Waals surface area contributed by atoms with Gasteiger partial charge in [-0.1, -0.05) is 52.1 Å². The second-order valence-electron chi connectivity index (χ2n) is 8.30. The number of amides is 1. The number of nitrogens with one attached hydrogen (secondary N) is 1. The van der Waals surface area contributed by atoms with Crippen molar-refractivity contribution in [3.8, 4) is 0 Å². The van der Waals surface area contributed by atoms with Gasteiger partial charge in [-0.05, 0) is 18.8 Å². The third-order valence-electron chi connectivity index (χ3n) is 4.69. The van der Waals surface area contributed by atoms with Crippen LogP contribution in [0.15, 0.2) is 10.6 Å². The van der Waals surface area contributed by atoms with Crippen molar-refractivity contribution >= 4 is 21.6 Å². The van der Waals surface area contributed by atoms with Crippen LogP contribution in [-0.4, -0.2) is 31.0 Å². The molecule has 1 N–H and O–H groups in total. The molecular formula is C18H30N2O4S. The van der Waals surface area contributed by atoms with E-state index in [-0.39, 0.29) is 34.6 Å². The number of anilines is 1. The first-order valence-corrected chi connectivity index (χ1v) is 10.9. The Morgan fingerprint density at radius 3 is 2.52 bits per heavy atom. The van der Waals surface area contributed by atoms with Gasteiger partial charge in [0, 0.05) is 17.4 Å². The van der Waals surface area contributed by atoms with Gasteiger partial charge in [0.05, 0.1) is 17.2 Å². The smallest absolute Gasteiger partial charge is 0.231 e. The Hall–Kier alpha value is -1.37. The van der Waals surface area contributed by atoms with Gasteiger partial charge in [-0.2, -0.15) is 0 Å². The molecule has 1 aromatic heterocycles. The van der Waals surface area contributed by atoms with Gasteiger partial charge in [-0.3, -0.25) is 10.1 Å². The van der Waals surface area contributed by atoms with Gasteiger partial charge in [-0.15, -0.1) is 0 Å². The number of aromatic nitrogens is 1. The van der Waals surface area contributed by atoms with Crippen molar-refractivity contribution < 1.29 is 17.7 Å². The first-order chi connectivity index (χ1) is 11.6. The molecule has 1 heterocycles. The van der Waals surface area contributed by atoms with E-state index >= 15 is 0 Å². The number of carbonyl (C=O) groups is 1. The van der Waals surface area contributed by atoms with E-state index in [0.29, 0.717) is 0 Å². The van der Waals surface area contributed by atoms with E-state index in [4.69, 9.17) is 4.52 Å². The van der Waals surface area contributed by atoms with E-state index in [2.05, 4.69) is 10.5 Å². The van der Waals surface area contributed by atoms with Gasteiger partial charge in [-0.25, -0.2) is 8.42 Å². The van der Waals surface area contributed by atoms with E-state index in [1.54, 1.807) is 13.0 Å². The van der Waals surface area contributed by atoms with Gasteiger partial charge >= 0.3 is 0 Å². The Balaban J connectivity index is 1.89. The highest BCUT2D eigenvalue weighted by atomic mass is 32.2. The van der Waals surface area contributed by atoms with Gasteiger partial charge in [0.15, 0.2) is 9.84 Å². The molecule has 1 fully saturated rings. The summed E-state index contributed by atoms with van der Waals surface area (Å²) in [5, 5.41) is 6.57. The number of hydrogen-bond donors (Lipinski definition) is 1. The summed E-state index contributed by atoms with van der Waals surface area (Å²) in [6.45, 7) is 7.62. The Morgan fingerprint density at radius 2 is 1.96 bits per heavy atom. The Morgan fingerprint density at radius 1 is 1.32 bits per heavy atom. The molecule has 0 bridgehead atoms. The maximum Gasteiger partial charge on any atom is 0.231 e. The fourth-order valence-electron chi connectivity index (χ4n) is 3.17. The highest BCUT2D eigenvalue weighted by Gasteiger charge is 2.27. The lowest BCUT2D eigenvalue weighted by atomic mass is 9.91. The van der Waals surface area contributed by atoms with E-state index < -0.39 is 15.8 Å². The van der Waals surface area contributed by atoms with Crippen LogP contribution in [0.3, 0.4) is 0 Å². The largest absolute Gasteiger partial charge is 0.338 e. The minimum atomic E-state index is -3.24. The van der Waals surface area contributed by atoms with Crippen LogP contribution in [0.25, 0.3) is 0 Å². The molecule has 25 heavy (non-hydrogen) atoms. The maximum absolute atomic E-state index is 12.4. The van der Waals surface area contributed by atoms with Crippen LogP contribution in [-0.2, 0) is 20.0 Å². The predicted octanol–water partition coefficient (Wildman–Crippen LogP) is 3.54. The van der Waals surface area contributed by atoms with Crippen molar-refractivity contribution in [1.29, 1.82) is 0 Å². The molecule has 0 aromatic carbocycles. The second-order valence-corrected chi connectivity index (χ2v) is 10.5. The zero-order valence-electron chi connectivity index (χ0n) is 15.7. The first kappa shape index (κ1) is 19.9. The molecule has 1 unspecified atom stereocenters. The lowest BCUT2D eigenvalue weighted by molar-refractivity contribution is -0.118. The topological polar surface area (TPSA) is 89.3 Å². The number of sulfone groups is 1.